The summed E-state index contributed by atoms with van der Waals surface area (Å²) in [6, 6.07) is 5.25. The van der Waals surface area contributed by atoms with Crippen LogP contribution >= 0.6 is 0 Å². The summed E-state index contributed by atoms with van der Waals surface area (Å²) in [5.41, 5.74) is 1.06. The standard InChI is InChI=1S/C29H36FN9O3/c1-3-32-26-25-17(13-31)14-33-27(25)37-29(36-26)35-22-12-21(30)20(11-24(22)41-2)28(40)34-19-6-9-38(10-7-19)39-8-4-5-23(39)18-15-42-16-18/h11-12,14,18-19,23H,3-10,15-16H2,1-2H3,(H,34,40)(H3,32,33,35,36,37). The van der Waals surface area contributed by atoms with E-state index < -0.39 is 11.7 Å². The third-order valence-corrected chi connectivity index (χ3v) is 8.42. The molecule has 6 rings (SSSR count). The van der Waals surface area contributed by atoms with Crippen molar-refractivity contribution in [3.05, 3.63) is 35.3 Å². The number of carbonyl (C=O) groups excluding carboxylic acids is 1. The number of carbonyl (C=O) groups is 1. The van der Waals surface area contributed by atoms with Crippen LogP contribution in [0.2, 0.25) is 0 Å². The summed E-state index contributed by atoms with van der Waals surface area (Å²) >= 11 is 0. The highest BCUT2D eigenvalue weighted by Gasteiger charge is 2.39. The van der Waals surface area contributed by atoms with Crippen LogP contribution in [0, 0.1) is 23.1 Å². The van der Waals surface area contributed by atoms with Crippen LogP contribution in [-0.2, 0) is 4.74 Å². The molecule has 12 nitrogen and oxygen atoms in total. The molecule has 222 valence electrons. The van der Waals surface area contributed by atoms with Gasteiger partial charge in [0.15, 0.2) is 0 Å². The monoisotopic (exact) mass is 577 g/mol. The number of hydrogen-bond acceptors (Lipinski definition) is 10. The first-order chi connectivity index (χ1) is 20.5. The second-order valence-electron chi connectivity index (χ2n) is 11.0. The number of anilines is 3. The number of piperidine rings is 1. The van der Waals surface area contributed by atoms with Crippen molar-refractivity contribution < 1.29 is 18.7 Å². The summed E-state index contributed by atoms with van der Waals surface area (Å²) in [7, 11) is 1.45. The number of hydrazine groups is 1. The number of nitriles is 1. The summed E-state index contributed by atoms with van der Waals surface area (Å²) in [6.45, 7) is 7.00. The van der Waals surface area contributed by atoms with Crippen LogP contribution in [0.5, 0.6) is 5.75 Å². The topological polar surface area (TPSA) is 143 Å². The molecule has 4 N–H and O–H groups in total. The largest absolute Gasteiger partial charge is 0.495 e. The lowest BCUT2D eigenvalue weighted by Crippen LogP contribution is -2.56. The number of H-pyrrole nitrogens is 1. The Kier molecular flexibility index (Phi) is 8.10. The maximum atomic E-state index is 15.3. The SMILES string of the molecule is CCNc1nc(Nc2cc(F)c(C(=O)NC3CCN(N4CCCC4C4COC4)CC3)cc2OC)nc2[nH]cc(C#N)c12. The van der Waals surface area contributed by atoms with Crippen LogP contribution in [0.15, 0.2) is 18.3 Å². The van der Waals surface area contributed by atoms with Gasteiger partial charge in [-0.1, -0.05) is 0 Å². The summed E-state index contributed by atoms with van der Waals surface area (Å²) in [6.07, 6.45) is 5.58. The number of amides is 1. The van der Waals surface area contributed by atoms with Gasteiger partial charge in [0.2, 0.25) is 5.95 Å². The quantitative estimate of drug-likeness (QED) is 0.299. The van der Waals surface area contributed by atoms with E-state index in [4.69, 9.17) is 9.47 Å². The van der Waals surface area contributed by atoms with Gasteiger partial charge in [0.05, 0.1) is 42.5 Å². The van der Waals surface area contributed by atoms with Crippen molar-refractivity contribution in [2.75, 3.05) is 57.1 Å². The van der Waals surface area contributed by atoms with Crippen molar-refractivity contribution in [1.82, 2.24) is 30.3 Å². The second-order valence-corrected chi connectivity index (χ2v) is 11.0. The van der Waals surface area contributed by atoms with Gasteiger partial charge in [-0.05, 0) is 38.7 Å². The van der Waals surface area contributed by atoms with E-state index >= 15 is 4.39 Å². The second kappa shape index (κ2) is 12.1. The van der Waals surface area contributed by atoms with Crippen LogP contribution in [-0.4, -0.2) is 89.5 Å². The maximum Gasteiger partial charge on any atom is 0.254 e. The van der Waals surface area contributed by atoms with E-state index in [9.17, 15) is 10.1 Å². The molecule has 1 unspecified atom stereocenters. The number of nitrogens with one attached hydrogen (secondary N) is 4. The number of rotatable bonds is 9. The lowest BCUT2D eigenvalue weighted by atomic mass is 9.96. The van der Waals surface area contributed by atoms with Crippen LogP contribution in [0.1, 0.15) is 48.5 Å². The van der Waals surface area contributed by atoms with Crippen molar-refractivity contribution in [3.63, 3.8) is 0 Å². The maximum absolute atomic E-state index is 15.3. The Bertz CT molecular complexity index is 1490. The molecular weight excluding hydrogens is 541 g/mol. The molecule has 3 aliphatic rings. The zero-order chi connectivity index (χ0) is 29.2. The first-order valence-electron chi connectivity index (χ1n) is 14.6. The number of methoxy groups -OCH3 is 1. The third-order valence-electron chi connectivity index (χ3n) is 8.42. The third kappa shape index (κ3) is 5.45. The Hall–Kier alpha value is -3.99. The average Bonchev–Trinajstić information content (AvgIpc) is 3.60. The van der Waals surface area contributed by atoms with E-state index in [1.165, 1.54) is 32.1 Å². The van der Waals surface area contributed by atoms with Crippen molar-refractivity contribution in [2.45, 2.75) is 44.7 Å². The predicted molar refractivity (Wildman–Crippen MR) is 155 cm³/mol. The van der Waals surface area contributed by atoms with Crippen LogP contribution in [0.4, 0.5) is 21.8 Å². The van der Waals surface area contributed by atoms with Gasteiger partial charge < -0.3 is 30.4 Å². The van der Waals surface area contributed by atoms with E-state index in [2.05, 4.69) is 47.0 Å². The van der Waals surface area contributed by atoms with Gasteiger partial charge >= 0.3 is 0 Å². The number of aromatic nitrogens is 3. The Morgan fingerprint density at radius 3 is 2.74 bits per heavy atom. The molecule has 1 amide bonds. The smallest absolute Gasteiger partial charge is 0.254 e. The number of aromatic amines is 1. The van der Waals surface area contributed by atoms with Crippen LogP contribution < -0.4 is 20.7 Å². The molecule has 0 spiro atoms. The fourth-order valence-corrected chi connectivity index (χ4v) is 6.20. The number of hydrogen-bond donors (Lipinski definition) is 4. The molecule has 0 bridgehead atoms. The number of halogens is 1. The number of nitrogens with zero attached hydrogens (tertiary/aromatic N) is 5. The minimum Gasteiger partial charge on any atom is -0.495 e. The summed E-state index contributed by atoms with van der Waals surface area (Å²) in [5.74, 6) is 0.390. The molecule has 5 heterocycles. The number of ether oxygens (including phenoxy) is 2. The molecule has 0 aliphatic carbocycles. The zero-order valence-electron chi connectivity index (χ0n) is 23.9. The van der Waals surface area contributed by atoms with Gasteiger partial charge in [-0.15, -0.1) is 0 Å². The van der Waals surface area contributed by atoms with Crippen molar-refractivity contribution in [2.24, 2.45) is 5.92 Å². The highest BCUT2D eigenvalue weighted by atomic mass is 19.1. The van der Waals surface area contributed by atoms with Gasteiger partial charge in [0.1, 0.15) is 29.1 Å². The van der Waals surface area contributed by atoms with E-state index in [-0.39, 0.29) is 29.0 Å². The summed E-state index contributed by atoms with van der Waals surface area (Å²) in [4.78, 5) is 25.1. The molecule has 42 heavy (non-hydrogen) atoms. The minimum absolute atomic E-state index is 0.0336. The van der Waals surface area contributed by atoms with Crippen LogP contribution in [0.3, 0.4) is 0 Å². The zero-order valence-corrected chi connectivity index (χ0v) is 23.9. The molecule has 3 aliphatic heterocycles. The molecule has 3 saturated heterocycles. The Balaban J connectivity index is 1.12. The Labute approximate surface area is 243 Å². The van der Waals surface area contributed by atoms with Crippen molar-refractivity contribution in [1.29, 1.82) is 5.26 Å². The van der Waals surface area contributed by atoms with Gasteiger partial charge in [-0.2, -0.15) is 15.2 Å². The Morgan fingerprint density at radius 2 is 2.05 bits per heavy atom. The highest BCUT2D eigenvalue weighted by Crippen LogP contribution is 2.33. The van der Waals surface area contributed by atoms with E-state index in [0.717, 1.165) is 45.7 Å². The molecule has 13 heteroatoms. The normalized spacial score (nSPS) is 20.3. The highest BCUT2D eigenvalue weighted by molar-refractivity contribution is 5.96. The minimum atomic E-state index is -0.685. The molecule has 3 fully saturated rings. The average molecular weight is 578 g/mol. The van der Waals surface area contributed by atoms with E-state index in [0.29, 0.717) is 40.9 Å². The number of fused-ring (bicyclic) bond motifs is 1. The molecule has 0 saturated carbocycles. The van der Waals surface area contributed by atoms with Crippen molar-refractivity contribution >= 4 is 34.4 Å². The predicted octanol–water partition coefficient (Wildman–Crippen LogP) is 3.37. The molecule has 1 atom stereocenters. The van der Waals surface area contributed by atoms with Crippen LogP contribution in [0.25, 0.3) is 11.0 Å². The fourth-order valence-electron chi connectivity index (χ4n) is 6.20. The molecule has 1 aromatic carbocycles. The molecule has 2 aromatic heterocycles. The molecule has 3 aromatic rings. The molecular formula is C29H36FN9O3. The van der Waals surface area contributed by atoms with Gasteiger partial charge in [-0.25, -0.2) is 14.4 Å². The van der Waals surface area contributed by atoms with Gasteiger partial charge in [-0.3, -0.25) is 4.79 Å². The lowest BCUT2D eigenvalue weighted by Gasteiger charge is -2.44. The first kappa shape index (κ1) is 28.1. The first-order valence-corrected chi connectivity index (χ1v) is 14.6. The Morgan fingerprint density at radius 1 is 1.24 bits per heavy atom. The van der Waals surface area contributed by atoms with Gasteiger partial charge in [0, 0.05) is 56.4 Å². The summed E-state index contributed by atoms with van der Waals surface area (Å²) in [5, 5.41) is 24.1. The van der Waals surface area contributed by atoms with Gasteiger partial charge in [0.25, 0.3) is 5.91 Å². The van der Waals surface area contributed by atoms with Crippen molar-refractivity contribution in [3.8, 4) is 11.8 Å². The summed E-state index contributed by atoms with van der Waals surface area (Å²) < 4.78 is 26.3. The van der Waals surface area contributed by atoms with E-state index in [1.807, 2.05) is 6.92 Å². The fraction of sp³-hybridized carbons (Fsp3) is 0.517. The number of benzene rings is 1. The lowest BCUT2D eigenvalue weighted by molar-refractivity contribution is -0.126. The molecule has 0 radical (unpaired) electrons. The van der Waals surface area contributed by atoms with E-state index in [1.54, 1.807) is 6.20 Å².